The van der Waals surface area contributed by atoms with Crippen LogP contribution < -0.4 is 5.73 Å². The predicted molar refractivity (Wildman–Crippen MR) is 68.7 cm³/mol. The normalized spacial score (nSPS) is 12.7. The zero-order valence-electron chi connectivity index (χ0n) is 9.60. The van der Waals surface area contributed by atoms with Crippen LogP contribution in [0.15, 0.2) is 30.5 Å². The zero-order chi connectivity index (χ0) is 11.5. The first-order valence-electron chi connectivity index (χ1n) is 5.39. The van der Waals surface area contributed by atoms with Crippen molar-refractivity contribution in [3.63, 3.8) is 0 Å². The van der Waals surface area contributed by atoms with Crippen molar-refractivity contribution in [2.24, 2.45) is 5.73 Å². The summed E-state index contributed by atoms with van der Waals surface area (Å²) in [5.41, 5.74) is 8.56. The first-order chi connectivity index (χ1) is 7.66. The average Bonchev–Trinajstić information content (AvgIpc) is 2.61. The standard InChI is InChI=1S/C13H16N2S/c1-9-7-13(16-10(9)2)12(14)8-11-5-3-4-6-15-11/h3-7,12H,8,14H2,1-2H3. The van der Waals surface area contributed by atoms with Crippen LogP contribution in [0, 0.1) is 13.8 Å². The van der Waals surface area contributed by atoms with Gasteiger partial charge in [0.15, 0.2) is 0 Å². The van der Waals surface area contributed by atoms with Gasteiger partial charge in [-0.3, -0.25) is 4.98 Å². The van der Waals surface area contributed by atoms with Crippen molar-refractivity contribution in [3.8, 4) is 0 Å². The molecule has 1 atom stereocenters. The molecule has 16 heavy (non-hydrogen) atoms. The van der Waals surface area contributed by atoms with Crippen LogP contribution in [0.5, 0.6) is 0 Å². The van der Waals surface area contributed by atoms with Crippen LogP contribution in [0.1, 0.15) is 27.1 Å². The van der Waals surface area contributed by atoms with E-state index in [1.54, 1.807) is 11.3 Å². The van der Waals surface area contributed by atoms with Crippen molar-refractivity contribution < 1.29 is 0 Å². The first kappa shape index (κ1) is 11.3. The average molecular weight is 232 g/mol. The molecule has 84 valence electrons. The summed E-state index contributed by atoms with van der Waals surface area (Å²) in [6, 6.07) is 8.20. The molecule has 0 radical (unpaired) electrons. The maximum absolute atomic E-state index is 6.18. The van der Waals surface area contributed by atoms with Crippen LogP contribution in [0.3, 0.4) is 0 Å². The Morgan fingerprint density at radius 2 is 2.19 bits per heavy atom. The summed E-state index contributed by atoms with van der Waals surface area (Å²) in [4.78, 5) is 6.90. The van der Waals surface area contributed by atoms with E-state index in [0.29, 0.717) is 0 Å². The number of aryl methyl sites for hydroxylation is 2. The van der Waals surface area contributed by atoms with Crippen molar-refractivity contribution in [2.75, 3.05) is 0 Å². The molecule has 0 amide bonds. The van der Waals surface area contributed by atoms with Gasteiger partial charge >= 0.3 is 0 Å². The number of rotatable bonds is 3. The van der Waals surface area contributed by atoms with Crippen molar-refractivity contribution in [1.82, 2.24) is 4.98 Å². The highest BCUT2D eigenvalue weighted by molar-refractivity contribution is 7.12. The van der Waals surface area contributed by atoms with E-state index in [1.807, 2.05) is 24.4 Å². The van der Waals surface area contributed by atoms with Gasteiger partial charge in [-0.15, -0.1) is 11.3 Å². The van der Waals surface area contributed by atoms with E-state index in [-0.39, 0.29) is 6.04 Å². The molecule has 0 saturated carbocycles. The fourth-order valence-electron chi connectivity index (χ4n) is 1.63. The number of thiophene rings is 1. The van der Waals surface area contributed by atoms with E-state index in [9.17, 15) is 0 Å². The molecule has 2 rings (SSSR count). The number of hydrogen-bond donors (Lipinski definition) is 1. The van der Waals surface area contributed by atoms with E-state index in [0.717, 1.165) is 12.1 Å². The number of aromatic nitrogens is 1. The Labute approximate surface area is 100 Å². The molecule has 3 heteroatoms. The SMILES string of the molecule is Cc1cc(C(N)Cc2ccccn2)sc1C. The molecule has 0 bridgehead atoms. The highest BCUT2D eigenvalue weighted by Crippen LogP contribution is 2.26. The van der Waals surface area contributed by atoms with Crippen LogP contribution in [-0.4, -0.2) is 4.98 Å². The molecule has 0 spiro atoms. The number of nitrogens with two attached hydrogens (primary N) is 1. The summed E-state index contributed by atoms with van der Waals surface area (Å²) in [7, 11) is 0. The summed E-state index contributed by atoms with van der Waals surface area (Å²) in [5.74, 6) is 0. The molecule has 0 aliphatic heterocycles. The molecule has 0 fully saturated rings. The Bertz CT molecular complexity index is 443. The molecule has 0 aliphatic carbocycles. The molecule has 0 aliphatic rings. The largest absolute Gasteiger partial charge is 0.323 e. The maximum atomic E-state index is 6.18. The third-order valence-corrected chi connectivity index (χ3v) is 3.99. The van der Waals surface area contributed by atoms with Gasteiger partial charge in [-0.25, -0.2) is 0 Å². The number of pyridine rings is 1. The molecule has 1 unspecified atom stereocenters. The van der Waals surface area contributed by atoms with E-state index >= 15 is 0 Å². The lowest BCUT2D eigenvalue weighted by atomic mass is 10.1. The minimum atomic E-state index is 0.0623. The third-order valence-electron chi connectivity index (χ3n) is 2.71. The first-order valence-corrected chi connectivity index (χ1v) is 6.21. The highest BCUT2D eigenvalue weighted by atomic mass is 32.1. The van der Waals surface area contributed by atoms with Crippen LogP contribution in [0.2, 0.25) is 0 Å². The zero-order valence-corrected chi connectivity index (χ0v) is 10.4. The van der Waals surface area contributed by atoms with E-state index in [1.165, 1.54) is 15.3 Å². The Morgan fingerprint density at radius 3 is 2.75 bits per heavy atom. The number of nitrogens with zero attached hydrogens (tertiary/aromatic N) is 1. The van der Waals surface area contributed by atoms with Gasteiger partial charge in [-0.2, -0.15) is 0 Å². The fraction of sp³-hybridized carbons (Fsp3) is 0.308. The summed E-state index contributed by atoms with van der Waals surface area (Å²) >= 11 is 1.79. The lowest BCUT2D eigenvalue weighted by molar-refractivity contribution is 0.719. The van der Waals surface area contributed by atoms with Crippen molar-refractivity contribution in [1.29, 1.82) is 0 Å². The molecule has 2 heterocycles. The minimum Gasteiger partial charge on any atom is -0.323 e. The van der Waals surface area contributed by atoms with Crippen LogP contribution in [-0.2, 0) is 6.42 Å². The van der Waals surface area contributed by atoms with Gasteiger partial charge in [0.25, 0.3) is 0 Å². The maximum Gasteiger partial charge on any atom is 0.0445 e. The van der Waals surface area contributed by atoms with Gasteiger partial charge in [0.2, 0.25) is 0 Å². The van der Waals surface area contributed by atoms with Crippen molar-refractivity contribution >= 4 is 11.3 Å². The molecule has 2 aromatic heterocycles. The van der Waals surface area contributed by atoms with E-state index < -0.39 is 0 Å². The van der Waals surface area contributed by atoms with E-state index in [4.69, 9.17) is 5.73 Å². The van der Waals surface area contributed by atoms with Gasteiger partial charge < -0.3 is 5.73 Å². The lowest BCUT2D eigenvalue weighted by Crippen LogP contribution is -2.12. The summed E-state index contributed by atoms with van der Waals surface area (Å²) in [5, 5.41) is 0. The summed E-state index contributed by atoms with van der Waals surface area (Å²) in [6.45, 7) is 4.26. The molecule has 2 N–H and O–H groups in total. The van der Waals surface area contributed by atoms with Crippen molar-refractivity contribution in [3.05, 3.63) is 51.5 Å². The van der Waals surface area contributed by atoms with Gasteiger partial charge in [0, 0.05) is 34.1 Å². The molecule has 0 saturated heterocycles. The molecule has 2 aromatic rings. The Kier molecular flexibility index (Phi) is 3.36. The number of hydrogen-bond acceptors (Lipinski definition) is 3. The van der Waals surface area contributed by atoms with Crippen LogP contribution >= 0.6 is 11.3 Å². The van der Waals surface area contributed by atoms with Gasteiger partial charge in [0.1, 0.15) is 0 Å². The Balaban J connectivity index is 2.11. The molecule has 0 aromatic carbocycles. The second-order valence-electron chi connectivity index (χ2n) is 4.02. The molecular formula is C13H16N2S. The smallest absolute Gasteiger partial charge is 0.0445 e. The Hall–Kier alpha value is -1.19. The second kappa shape index (κ2) is 4.76. The molecular weight excluding hydrogens is 216 g/mol. The minimum absolute atomic E-state index is 0.0623. The topological polar surface area (TPSA) is 38.9 Å². The van der Waals surface area contributed by atoms with Crippen LogP contribution in [0.4, 0.5) is 0 Å². The second-order valence-corrected chi connectivity index (χ2v) is 5.31. The summed E-state index contributed by atoms with van der Waals surface area (Å²) in [6.07, 6.45) is 2.62. The third kappa shape index (κ3) is 2.49. The van der Waals surface area contributed by atoms with Gasteiger partial charge in [0.05, 0.1) is 0 Å². The van der Waals surface area contributed by atoms with Gasteiger partial charge in [-0.1, -0.05) is 6.07 Å². The quantitative estimate of drug-likeness (QED) is 0.883. The van der Waals surface area contributed by atoms with Gasteiger partial charge in [-0.05, 0) is 37.6 Å². The monoisotopic (exact) mass is 232 g/mol. The van der Waals surface area contributed by atoms with Crippen molar-refractivity contribution in [2.45, 2.75) is 26.3 Å². The predicted octanol–water partition coefficient (Wildman–Crippen LogP) is 3.00. The fourth-order valence-corrected chi connectivity index (χ4v) is 2.67. The summed E-state index contributed by atoms with van der Waals surface area (Å²) < 4.78 is 0. The van der Waals surface area contributed by atoms with E-state index in [2.05, 4.69) is 24.9 Å². The molecule has 2 nitrogen and oxygen atoms in total. The Morgan fingerprint density at radius 1 is 1.38 bits per heavy atom. The lowest BCUT2D eigenvalue weighted by Gasteiger charge is -2.08. The van der Waals surface area contributed by atoms with Crippen LogP contribution in [0.25, 0.3) is 0 Å². The highest BCUT2D eigenvalue weighted by Gasteiger charge is 2.11.